The molecule has 2 saturated carbocycles. The lowest BCUT2D eigenvalue weighted by atomic mass is 9.79. The van der Waals surface area contributed by atoms with Crippen molar-refractivity contribution < 1.29 is 45.1 Å². The number of imidazole rings is 1. The van der Waals surface area contributed by atoms with Crippen molar-refractivity contribution in [3.63, 3.8) is 0 Å². The maximum absolute atomic E-state index is 13.3. The zero-order valence-corrected chi connectivity index (χ0v) is 26.8. The number of rotatable bonds is 13. The van der Waals surface area contributed by atoms with E-state index in [2.05, 4.69) is 20.6 Å². The van der Waals surface area contributed by atoms with Gasteiger partial charge in [-0.25, -0.2) is 9.37 Å². The van der Waals surface area contributed by atoms with E-state index >= 15 is 0 Å². The lowest BCUT2D eigenvalue weighted by molar-refractivity contribution is -0.192. The highest BCUT2D eigenvalue weighted by Crippen LogP contribution is 2.57. The van der Waals surface area contributed by atoms with E-state index in [0.717, 1.165) is 0 Å². The number of fused-ring (bicyclic) bond motifs is 1. The summed E-state index contributed by atoms with van der Waals surface area (Å²) >= 11 is 6.38. The number of alkyl halides is 7. The topological polar surface area (TPSA) is 98.1 Å². The van der Waals surface area contributed by atoms with Crippen molar-refractivity contribution >= 4 is 46.1 Å². The fourth-order valence-corrected chi connectivity index (χ4v) is 6.30. The van der Waals surface area contributed by atoms with Crippen LogP contribution in [0.2, 0.25) is 5.02 Å². The van der Waals surface area contributed by atoms with Gasteiger partial charge in [0, 0.05) is 20.0 Å². The van der Waals surface area contributed by atoms with Crippen LogP contribution in [0, 0.1) is 17.3 Å². The molecule has 2 fully saturated rings. The number of ether oxygens (including phenoxy) is 1. The Labute approximate surface area is 276 Å². The SMILES string of the molecule is Cn1c(Nc2cc(CNC(=O)C3(C(F)(F)F)CC3)ccc2Cl)nc2cc(C(=O)CCCC3CCC(C(F)(F)F)CC3)c(OCCF)nc21. The highest BCUT2D eigenvalue weighted by atomic mass is 35.5. The van der Waals surface area contributed by atoms with Gasteiger partial charge < -0.3 is 15.4 Å². The molecule has 2 aliphatic rings. The van der Waals surface area contributed by atoms with Crippen LogP contribution in [0.3, 0.4) is 0 Å². The van der Waals surface area contributed by atoms with Gasteiger partial charge in [-0.05, 0) is 74.6 Å². The number of ketones is 1. The molecular formula is C32H35ClF7N5O3. The number of hydrogen-bond acceptors (Lipinski definition) is 6. The third kappa shape index (κ3) is 7.81. The largest absolute Gasteiger partial charge is 0.474 e. The molecule has 5 rings (SSSR count). The third-order valence-electron chi connectivity index (χ3n) is 9.21. The normalized spacial score (nSPS) is 19.3. The number of nitrogens with one attached hydrogen (secondary N) is 2. The highest BCUT2D eigenvalue weighted by molar-refractivity contribution is 6.33. The van der Waals surface area contributed by atoms with E-state index in [1.165, 1.54) is 12.1 Å². The number of hydrogen-bond donors (Lipinski definition) is 2. The molecule has 0 unspecified atom stereocenters. The van der Waals surface area contributed by atoms with Crippen molar-refractivity contribution in [3.05, 3.63) is 40.4 Å². The van der Waals surface area contributed by atoms with Gasteiger partial charge in [-0.15, -0.1) is 0 Å². The number of halogens is 8. The minimum Gasteiger partial charge on any atom is -0.474 e. The van der Waals surface area contributed by atoms with E-state index in [9.17, 15) is 40.3 Å². The van der Waals surface area contributed by atoms with Crippen LogP contribution in [-0.4, -0.2) is 51.9 Å². The molecule has 2 heterocycles. The number of aryl methyl sites for hydroxylation is 1. The van der Waals surface area contributed by atoms with Crippen LogP contribution in [0.25, 0.3) is 11.2 Å². The summed E-state index contributed by atoms with van der Waals surface area (Å²) in [5.74, 6) is -2.39. The van der Waals surface area contributed by atoms with Gasteiger partial charge in [0.2, 0.25) is 17.7 Å². The Morgan fingerprint density at radius 3 is 2.40 bits per heavy atom. The van der Waals surface area contributed by atoms with E-state index in [-0.39, 0.29) is 79.4 Å². The molecule has 1 amide bonds. The molecule has 8 nitrogen and oxygen atoms in total. The van der Waals surface area contributed by atoms with E-state index in [0.29, 0.717) is 48.1 Å². The van der Waals surface area contributed by atoms with Crippen LogP contribution >= 0.6 is 11.6 Å². The second-order valence-electron chi connectivity index (χ2n) is 12.5. The van der Waals surface area contributed by atoms with Gasteiger partial charge in [0.25, 0.3) is 0 Å². The van der Waals surface area contributed by atoms with Crippen molar-refractivity contribution in [1.29, 1.82) is 0 Å². The zero-order valence-electron chi connectivity index (χ0n) is 26.0. The number of amides is 1. The molecule has 2 N–H and O–H groups in total. The quantitative estimate of drug-likeness (QED) is 0.137. The second kappa shape index (κ2) is 14.1. The maximum atomic E-state index is 13.3. The minimum atomic E-state index is -4.62. The maximum Gasteiger partial charge on any atom is 0.403 e. The van der Waals surface area contributed by atoms with Crippen molar-refractivity contribution in [1.82, 2.24) is 19.9 Å². The van der Waals surface area contributed by atoms with Crippen LogP contribution in [0.4, 0.5) is 42.4 Å². The molecule has 0 saturated heterocycles. The minimum absolute atomic E-state index is 0.0755. The van der Waals surface area contributed by atoms with E-state index < -0.39 is 36.3 Å². The molecule has 16 heteroatoms. The van der Waals surface area contributed by atoms with Crippen molar-refractivity contribution in [2.24, 2.45) is 24.3 Å². The summed E-state index contributed by atoms with van der Waals surface area (Å²) in [5.41, 5.74) is -0.813. The van der Waals surface area contributed by atoms with Crippen LogP contribution in [0.15, 0.2) is 24.3 Å². The fourth-order valence-electron chi connectivity index (χ4n) is 6.13. The standard InChI is InChI=1S/C32H35ClF7N5O3/c1-45-26-24(43-29(45)42-23-15-19(7-10-22(23)33)17-41-28(47)30(11-12-30)32(38,39)40)16-21(27(44-26)48-14-13-34)25(46)4-2-3-18-5-8-20(9-6-18)31(35,36)37/h7,10,15-16,18,20H,2-6,8-9,11-14,17H2,1H3,(H,41,47)(H,42,43). The van der Waals surface area contributed by atoms with Gasteiger partial charge in [-0.1, -0.05) is 24.1 Å². The molecule has 0 radical (unpaired) electrons. The van der Waals surface area contributed by atoms with Crippen LogP contribution in [0.1, 0.15) is 73.7 Å². The Morgan fingerprint density at radius 1 is 1.06 bits per heavy atom. The predicted molar refractivity (Wildman–Crippen MR) is 164 cm³/mol. The van der Waals surface area contributed by atoms with Crippen molar-refractivity contribution in [3.8, 4) is 5.88 Å². The summed E-state index contributed by atoms with van der Waals surface area (Å²) in [4.78, 5) is 34.5. The Hall–Kier alpha value is -3.62. The van der Waals surface area contributed by atoms with Crippen LogP contribution in [0.5, 0.6) is 5.88 Å². The number of Topliss-reactive ketones (excluding diaryl/α,β-unsaturated/α-hetero) is 1. The molecular weight excluding hydrogens is 671 g/mol. The lowest BCUT2D eigenvalue weighted by Gasteiger charge is -2.29. The van der Waals surface area contributed by atoms with Gasteiger partial charge in [0.15, 0.2) is 11.4 Å². The molecule has 0 bridgehead atoms. The number of nitrogens with zero attached hydrogens (tertiary/aromatic N) is 3. The second-order valence-corrected chi connectivity index (χ2v) is 12.9. The summed E-state index contributed by atoms with van der Waals surface area (Å²) in [6.45, 7) is -1.33. The van der Waals surface area contributed by atoms with E-state index in [1.54, 1.807) is 23.7 Å². The summed E-state index contributed by atoms with van der Waals surface area (Å²) in [5, 5.41) is 5.67. The number of carbonyl (C=O) groups is 2. The summed E-state index contributed by atoms with van der Waals surface area (Å²) < 4.78 is 98.9. The summed E-state index contributed by atoms with van der Waals surface area (Å²) in [6.07, 6.45) is -7.04. The van der Waals surface area contributed by atoms with Crippen LogP contribution in [-0.2, 0) is 18.4 Å². The van der Waals surface area contributed by atoms with Gasteiger partial charge in [-0.2, -0.15) is 31.3 Å². The number of benzene rings is 1. The van der Waals surface area contributed by atoms with Crippen molar-refractivity contribution in [2.75, 3.05) is 18.6 Å². The molecule has 1 aromatic carbocycles. The number of anilines is 2. The first-order valence-electron chi connectivity index (χ1n) is 15.7. The Kier molecular flexibility index (Phi) is 10.5. The van der Waals surface area contributed by atoms with Crippen molar-refractivity contribution in [2.45, 2.75) is 76.7 Å². The highest BCUT2D eigenvalue weighted by Gasteiger charge is 2.68. The zero-order chi connectivity index (χ0) is 34.9. The molecule has 0 aliphatic heterocycles. The predicted octanol–water partition coefficient (Wildman–Crippen LogP) is 8.39. The number of pyridine rings is 1. The first kappa shape index (κ1) is 35.7. The monoisotopic (exact) mass is 705 g/mol. The average Bonchev–Trinajstić information content (AvgIpc) is 3.81. The molecule has 2 aromatic heterocycles. The Morgan fingerprint density at radius 2 is 1.77 bits per heavy atom. The first-order valence-corrected chi connectivity index (χ1v) is 16.1. The fraction of sp³-hybridized carbons (Fsp3) is 0.562. The summed E-state index contributed by atoms with van der Waals surface area (Å²) in [7, 11) is 1.63. The van der Waals surface area contributed by atoms with Crippen LogP contribution < -0.4 is 15.4 Å². The molecule has 3 aromatic rings. The Bertz CT molecular complexity index is 1650. The van der Waals surface area contributed by atoms with Gasteiger partial charge in [0.1, 0.15) is 24.2 Å². The number of carbonyl (C=O) groups excluding carboxylic acids is 2. The number of aromatic nitrogens is 3. The average molecular weight is 706 g/mol. The van der Waals surface area contributed by atoms with E-state index in [4.69, 9.17) is 16.3 Å². The van der Waals surface area contributed by atoms with Gasteiger partial charge in [0.05, 0.1) is 22.2 Å². The molecule has 48 heavy (non-hydrogen) atoms. The third-order valence-corrected chi connectivity index (χ3v) is 9.54. The van der Waals surface area contributed by atoms with Gasteiger partial charge >= 0.3 is 12.4 Å². The van der Waals surface area contributed by atoms with Gasteiger partial charge in [-0.3, -0.25) is 14.2 Å². The first-order chi connectivity index (χ1) is 22.6. The molecule has 0 atom stereocenters. The lowest BCUT2D eigenvalue weighted by Crippen LogP contribution is -2.40. The smallest absolute Gasteiger partial charge is 0.403 e. The molecule has 0 spiro atoms. The summed E-state index contributed by atoms with van der Waals surface area (Å²) in [6, 6.07) is 6.13. The molecule has 2 aliphatic carbocycles. The van der Waals surface area contributed by atoms with E-state index in [1.807, 2.05) is 0 Å². The Balaban J connectivity index is 1.27. The molecule has 262 valence electrons.